The number of ether oxygens (including phenoxy) is 4. The maximum Gasteiger partial charge on any atom is 0.334 e. The minimum absolute atomic E-state index is 0.0185. The van der Waals surface area contributed by atoms with Crippen molar-refractivity contribution in [2.45, 2.75) is 88.0 Å². The van der Waals surface area contributed by atoms with Crippen LogP contribution in [-0.2, 0) is 35.0 Å². The molecule has 8 nitrogen and oxygen atoms in total. The van der Waals surface area contributed by atoms with Crippen LogP contribution in [0.1, 0.15) is 52.0 Å². The molecular weight excluding hydrogens is 605 g/mol. The molecule has 6 aliphatic rings. The maximum absolute atomic E-state index is 13.9. The monoisotopic (exact) mass is 639 g/mol. The highest BCUT2D eigenvalue weighted by Crippen LogP contribution is 2.76. The molecular formula is C34H35Cl2NO7. The number of rotatable bonds is 6. The molecule has 3 heterocycles. The zero-order valence-corrected chi connectivity index (χ0v) is 26.3. The molecule has 2 N–H and O–H groups in total. The fourth-order valence-electron chi connectivity index (χ4n) is 9.27. The number of para-hydroxylation sites is 2. The lowest BCUT2D eigenvalue weighted by Gasteiger charge is -2.60. The highest BCUT2D eigenvalue weighted by molar-refractivity contribution is 6.39. The van der Waals surface area contributed by atoms with Crippen molar-refractivity contribution in [1.82, 2.24) is 0 Å². The van der Waals surface area contributed by atoms with E-state index in [1.807, 2.05) is 24.3 Å². The number of anilines is 2. The van der Waals surface area contributed by atoms with Crippen LogP contribution < -0.4 is 5.32 Å². The van der Waals surface area contributed by atoms with Gasteiger partial charge in [0.2, 0.25) is 0 Å². The van der Waals surface area contributed by atoms with Gasteiger partial charge in [-0.25, -0.2) is 4.79 Å². The normalized spacial score (nSPS) is 39.4. The number of hydrogen-bond donors (Lipinski definition) is 2. The van der Waals surface area contributed by atoms with Gasteiger partial charge in [-0.3, -0.25) is 4.79 Å². The molecule has 2 aromatic rings. The van der Waals surface area contributed by atoms with Gasteiger partial charge in [0.25, 0.3) is 0 Å². The van der Waals surface area contributed by atoms with Crippen molar-refractivity contribution in [3.63, 3.8) is 0 Å². The number of hydrogen-bond acceptors (Lipinski definition) is 8. The number of halogens is 2. The molecule has 2 saturated carbocycles. The number of carbonyl (C=O) groups excluding carboxylic acids is 2. The third-order valence-corrected chi connectivity index (χ3v) is 12.3. The first-order chi connectivity index (χ1) is 21.0. The number of benzene rings is 2. The molecule has 44 heavy (non-hydrogen) atoms. The highest BCUT2D eigenvalue weighted by Gasteiger charge is 2.91. The smallest absolute Gasteiger partial charge is 0.334 e. The van der Waals surface area contributed by atoms with Crippen molar-refractivity contribution in [2.24, 2.45) is 17.3 Å². The molecule has 232 valence electrons. The first-order valence-electron chi connectivity index (χ1n) is 15.4. The van der Waals surface area contributed by atoms with Crippen LogP contribution in [0.3, 0.4) is 0 Å². The van der Waals surface area contributed by atoms with E-state index in [1.54, 1.807) is 18.2 Å². The van der Waals surface area contributed by atoms with E-state index < -0.39 is 34.3 Å². The average molecular weight is 641 g/mol. The fraction of sp³-hybridized carbons (Fsp3) is 0.529. The summed E-state index contributed by atoms with van der Waals surface area (Å²) in [5, 5.41) is 17.1. The molecule has 10 heteroatoms. The summed E-state index contributed by atoms with van der Waals surface area (Å²) in [5.74, 6) is -0.710. The van der Waals surface area contributed by atoms with Crippen LogP contribution >= 0.6 is 23.2 Å². The Hall–Kier alpha value is -2.62. The van der Waals surface area contributed by atoms with Crippen LogP contribution in [0.4, 0.5) is 11.4 Å². The largest absolute Gasteiger partial charge is 0.458 e. The fourth-order valence-corrected chi connectivity index (χ4v) is 9.76. The second kappa shape index (κ2) is 9.46. The summed E-state index contributed by atoms with van der Waals surface area (Å²) in [6, 6.07) is 12.7. The second-order valence-corrected chi connectivity index (χ2v) is 14.6. The quantitative estimate of drug-likeness (QED) is 0.296. The molecule has 0 bridgehead atoms. The number of carbonyl (C=O) groups is 2. The van der Waals surface area contributed by atoms with E-state index in [9.17, 15) is 14.7 Å². The van der Waals surface area contributed by atoms with Crippen molar-refractivity contribution in [2.75, 3.05) is 11.9 Å². The Morgan fingerprint density at radius 3 is 2.61 bits per heavy atom. The summed E-state index contributed by atoms with van der Waals surface area (Å²) < 4.78 is 24.9. The summed E-state index contributed by atoms with van der Waals surface area (Å²) in [5.41, 5.74) is -0.0396. The number of cyclic esters (lactones) is 1. The number of esters is 2. The van der Waals surface area contributed by atoms with Crippen molar-refractivity contribution in [3.8, 4) is 0 Å². The minimum Gasteiger partial charge on any atom is -0.458 e. The number of aliphatic hydroxyl groups is 1. The lowest BCUT2D eigenvalue weighted by Crippen LogP contribution is -2.74. The number of epoxide rings is 2. The first kappa shape index (κ1) is 28.8. The molecule has 4 fully saturated rings. The van der Waals surface area contributed by atoms with Gasteiger partial charge in [0, 0.05) is 23.1 Å². The molecule has 8 unspecified atom stereocenters. The van der Waals surface area contributed by atoms with Gasteiger partial charge in [0.1, 0.15) is 17.8 Å². The zero-order chi connectivity index (χ0) is 30.8. The molecule has 0 aromatic heterocycles. The van der Waals surface area contributed by atoms with Gasteiger partial charge in [-0.05, 0) is 60.4 Å². The van der Waals surface area contributed by atoms with Gasteiger partial charge in [-0.2, -0.15) is 0 Å². The Balaban J connectivity index is 1.11. The van der Waals surface area contributed by atoms with Crippen LogP contribution in [0.15, 0.2) is 53.6 Å². The van der Waals surface area contributed by atoms with E-state index in [-0.39, 0.29) is 43.0 Å². The Morgan fingerprint density at radius 2 is 1.86 bits per heavy atom. The van der Waals surface area contributed by atoms with Crippen LogP contribution in [0, 0.1) is 17.3 Å². The predicted octanol–water partition coefficient (Wildman–Crippen LogP) is 5.93. The summed E-state index contributed by atoms with van der Waals surface area (Å²) in [6.45, 7) is 6.51. The van der Waals surface area contributed by atoms with Crippen LogP contribution in [0.5, 0.6) is 0 Å². The standard InChI is InChI=1S/C34H35Cl2NO7/c1-17(2)33-26(43-33)15-32(40)31(3)12-11-19-20(16-41-29(19)39)21(31)14-25-34(32,44-25)30(33)42-27(38)13-18-7-4-5-10-24(18)37-28-22(35)8-6-9-23(28)36/h4-10,17,21,25-26,30,37,40H,11-16H2,1-3H3. The van der Waals surface area contributed by atoms with E-state index in [0.717, 1.165) is 11.1 Å². The van der Waals surface area contributed by atoms with Gasteiger partial charge in [0.05, 0.1) is 34.4 Å². The predicted molar refractivity (Wildman–Crippen MR) is 163 cm³/mol. The van der Waals surface area contributed by atoms with E-state index in [4.69, 9.17) is 42.1 Å². The van der Waals surface area contributed by atoms with Crippen LogP contribution in [0.25, 0.3) is 0 Å². The Bertz CT molecular complexity index is 1620. The molecule has 2 aromatic carbocycles. The molecule has 1 spiro atoms. The summed E-state index contributed by atoms with van der Waals surface area (Å²) >= 11 is 12.8. The number of nitrogens with one attached hydrogen (secondary N) is 1. The Morgan fingerprint density at radius 1 is 1.11 bits per heavy atom. The molecule has 8 atom stereocenters. The van der Waals surface area contributed by atoms with E-state index in [1.165, 1.54) is 0 Å². The zero-order valence-electron chi connectivity index (χ0n) is 24.8. The van der Waals surface area contributed by atoms with E-state index in [0.29, 0.717) is 52.7 Å². The van der Waals surface area contributed by atoms with Crippen molar-refractivity contribution in [3.05, 3.63) is 69.2 Å². The van der Waals surface area contributed by atoms with Crippen LogP contribution in [0.2, 0.25) is 10.0 Å². The van der Waals surface area contributed by atoms with Gasteiger partial charge < -0.3 is 29.4 Å². The van der Waals surface area contributed by atoms with Gasteiger partial charge >= 0.3 is 11.9 Å². The molecule has 2 saturated heterocycles. The third kappa shape index (κ3) is 3.63. The van der Waals surface area contributed by atoms with Crippen LogP contribution in [-0.4, -0.2) is 58.8 Å². The Kier molecular flexibility index (Phi) is 6.19. The summed E-state index contributed by atoms with van der Waals surface area (Å²) in [4.78, 5) is 26.3. The summed E-state index contributed by atoms with van der Waals surface area (Å²) in [7, 11) is 0. The van der Waals surface area contributed by atoms with Crippen molar-refractivity contribution >= 4 is 46.5 Å². The van der Waals surface area contributed by atoms with Gasteiger partial charge in [0.15, 0.2) is 11.7 Å². The topological polar surface area (TPSA) is 110 Å². The highest BCUT2D eigenvalue weighted by atomic mass is 35.5. The third-order valence-electron chi connectivity index (χ3n) is 11.7. The first-order valence-corrected chi connectivity index (χ1v) is 16.2. The SMILES string of the molecule is CC(C)C12OC1CC1(O)C3(C)CCC4=C(COC4=O)C3CC3OC31C2OC(=O)Cc1ccccc1Nc1c(Cl)cccc1Cl. The minimum atomic E-state index is -1.32. The molecule has 0 radical (unpaired) electrons. The average Bonchev–Trinajstić information content (AvgIpc) is 3.86. The van der Waals surface area contributed by atoms with E-state index >= 15 is 0 Å². The van der Waals surface area contributed by atoms with Crippen molar-refractivity contribution < 1.29 is 33.6 Å². The summed E-state index contributed by atoms with van der Waals surface area (Å²) in [6.07, 6.45) is 0.782. The maximum atomic E-state index is 13.9. The Labute approximate surface area is 266 Å². The lowest BCUT2D eigenvalue weighted by molar-refractivity contribution is -0.222. The van der Waals surface area contributed by atoms with Gasteiger partial charge in [-0.15, -0.1) is 0 Å². The molecule has 0 amide bonds. The van der Waals surface area contributed by atoms with Gasteiger partial charge in [-0.1, -0.05) is 68.2 Å². The molecule has 8 rings (SSSR count). The number of fused-ring (bicyclic) bond motifs is 4. The van der Waals surface area contributed by atoms with E-state index in [2.05, 4.69) is 26.1 Å². The second-order valence-electron chi connectivity index (χ2n) is 13.8. The van der Waals surface area contributed by atoms with Crippen molar-refractivity contribution in [1.29, 1.82) is 0 Å². The molecule has 3 aliphatic carbocycles. The molecule has 3 aliphatic heterocycles. The lowest BCUT2D eigenvalue weighted by atomic mass is 9.44.